The first-order chi connectivity index (χ1) is 5.53. The lowest BCUT2D eigenvalue weighted by Crippen LogP contribution is -2.31. The van der Waals surface area contributed by atoms with E-state index in [0.717, 1.165) is 6.21 Å². The van der Waals surface area contributed by atoms with Crippen LogP contribution in [0.5, 0.6) is 0 Å². The summed E-state index contributed by atoms with van der Waals surface area (Å²) in [7, 11) is 3.18. The van der Waals surface area contributed by atoms with E-state index in [1.54, 1.807) is 14.1 Å². The number of carbonyl (C=O) groups excluding carboxylic acids is 1. The number of carbonyl (C=O) groups is 1. The Morgan fingerprint density at radius 1 is 1.67 bits per heavy atom. The summed E-state index contributed by atoms with van der Waals surface area (Å²) in [6, 6.07) is -0.351. The van der Waals surface area contributed by atoms with Gasteiger partial charge in [0.05, 0.1) is 6.21 Å². The molecule has 1 aliphatic rings. The smallest absolute Gasteiger partial charge is 0.329 e. The fraction of sp³-hybridized carbons (Fsp3) is 0.714. The second-order valence-corrected chi connectivity index (χ2v) is 3.10. The molecule has 1 fully saturated rings. The number of nitrogens with one attached hydrogen (secondary N) is 1. The Labute approximate surface area is 70.4 Å². The summed E-state index contributed by atoms with van der Waals surface area (Å²) >= 11 is 0. The SMILES string of the molecule is CN(C)C(=O)N/N=C/C1(F)CC1. The van der Waals surface area contributed by atoms with Gasteiger partial charge in [-0.2, -0.15) is 5.10 Å². The van der Waals surface area contributed by atoms with Crippen LogP contribution in [0, 0.1) is 0 Å². The van der Waals surface area contributed by atoms with Gasteiger partial charge in [-0.3, -0.25) is 0 Å². The predicted octanol–water partition coefficient (Wildman–Crippen LogP) is 0.745. The molecular formula is C7H12FN3O. The number of nitrogens with zero attached hydrogens (tertiary/aromatic N) is 2. The van der Waals surface area contributed by atoms with Gasteiger partial charge in [0.1, 0.15) is 5.67 Å². The topological polar surface area (TPSA) is 44.7 Å². The zero-order valence-corrected chi connectivity index (χ0v) is 7.17. The number of hydrogen-bond donors (Lipinski definition) is 1. The molecule has 0 aliphatic heterocycles. The van der Waals surface area contributed by atoms with Gasteiger partial charge >= 0.3 is 6.03 Å². The maximum Gasteiger partial charge on any atom is 0.337 e. The van der Waals surface area contributed by atoms with E-state index < -0.39 is 5.67 Å². The van der Waals surface area contributed by atoms with Gasteiger partial charge in [0, 0.05) is 14.1 Å². The van der Waals surface area contributed by atoms with Gasteiger partial charge in [-0.25, -0.2) is 14.6 Å². The number of hydrogen-bond acceptors (Lipinski definition) is 2. The van der Waals surface area contributed by atoms with Gasteiger partial charge in [-0.05, 0) is 12.8 Å². The number of alkyl halides is 1. The fourth-order valence-corrected chi connectivity index (χ4v) is 0.552. The molecule has 0 unspecified atom stereocenters. The van der Waals surface area contributed by atoms with E-state index in [-0.39, 0.29) is 6.03 Å². The lowest BCUT2D eigenvalue weighted by molar-refractivity contribution is 0.218. The van der Waals surface area contributed by atoms with Crippen molar-refractivity contribution in [3.63, 3.8) is 0 Å². The quantitative estimate of drug-likeness (QED) is 0.486. The third-order valence-electron chi connectivity index (χ3n) is 1.59. The lowest BCUT2D eigenvalue weighted by Gasteiger charge is -2.07. The fourth-order valence-electron chi connectivity index (χ4n) is 0.552. The highest BCUT2D eigenvalue weighted by molar-refractivity contribution is 5.77. The number of halogens is 1. The molecule has 12 heavy (non-hydrogen) atoms. The van der Waals surface area contributed by atoms with E-state index in [1.807, 2.05) is 0 Å². The molecule has 0 bridgehead atoms. The Hall–Kier alpha value is -1.13. The van der Waals surface area contributed by atoms with Crippen LogP contribution >= 0.6 is 0 Å². The average molecular weight is 173 g/mol. The van der Waals surface area contributed by atoms with Gasteiger partial charge in [-0.1, -0.05) is 0 Å². The Morgan fingerprint density at radius 3 is 2.67 bits per heavy atom. The molecular weight excluding hydrogens is 161 g/mol. The van der Waals surface area contributed by atoms with E-state index in [1.165, 1.54) is 4.90 Å². The highest BCUT2D eigenvalue weighted by Crippen LogP contribution is 2.37. The van der Waals surface area contributed by atoms with Crippen LogP contribution in [0.3, 0.4) is 0 Å². The Balaban J connectivity index is 2.25. The molecule has 4 nitrogen and oxygen atoms in total. The summed E-state index contributed by atoms with van der Waals surface area (Å²) in [5.74, 6) is 0. The third kappa shape index (κ3) is 2.48. The molecule has 5 heteroatoms. The second-order valence-electron chi connectivity index (χ2n) is 3.10. The molecule has 1 N–H and O–H groups in total. The van der Waals surface area contributed by atoms with Gasteiger partial charge in [-0.15, -0.1) is 0 Å². The van der Waals surface area contributed by atoms with Crippen molar-refractivity contribution in [2.45, 2.75) is 18.5 Å². The molecule has 0 aromatic heterocycles. The molecule has 1 rings (SSSR count). The van der Waals surface area contributed by atoms with Crippen molar-refractivity contribution in [1.29, 1.82) is 0 Å². The zero-order chi connectivity index (χ0) is 9.19. The molecule has 0 spiro atoms. The monoisotopic (exact) mass is 173 g/mol. The van der Waals surface area contributed by atoms with Crippen molar-refractivity contribution in [2.75, 3.05) is 14.1 Å². The van der Waals surface area contributed by atoms with Gasteiger partial charge in [0.25, 0.3) is 0 Å². The van der Waals surface area contributed by atoms with Gasteiger partial charge < -0.3 is 4.90 Å². The van der Waals surface area contributed by atoms with Crippen molar-refractivity contribution in [1.82, 2.24) is 10.3 Å². The number of hydrazone groups is 1. The number of amides is 2. The van der Waals surface area contributed by atoms with E-state index >= 15 is 0 Å². The van der Waals surface area contributed by atoms with Gasteiger partial charge in [0.2, 0.25) is 0 Å². The normalized spacial score (nSPS) is 19.2. The molecule has 0 aromatic carbocycles. The van der Waals surface area contributed by atoms with Crippen LogP contribution in [0.1, 0.15) is 12.8 Å². The minimum absolute atomic E-state index is 0.351. The van der Waals surface area contributed by atoms with Crippen molar-refractivity contribution in [2.24, 2.45) is 5.10 Å². The summed E-state index contributed by atoms with van der Waals surface area (Å²) in [4.78, 5) is 12.2. The maximum atomic E-state index is 12.8. The molecule has 0 aromatic rings. The summed E-state index contributed by atoms with van der Waals surface area (Å²) in [6.07, 6.45) is 2.16. The van der Waals surface area contributed by atoms with Crippen molar-refractivity contribution in [3.05, 3.63) is 0 Å². The molecule has 68 valence electrons. The van der Waals surface area contributed by atoms with E-state index in [2.05, 4.69) is 10.5 Å². The first kappa shape index (κ1) is 8.96. The molecule has 0 atom stereocenters. The molecule has 2 amide bonds. The predicted molar refractivity (Wildman–Crippen MR) is 43.8 cm³/mol. The van der Waals surface area contributed by atoms with Crippen LogP contribution in [0.15, 0.2) is 5.10 Å². The molecule has 0 heterocycles. The second kappa shape index (κ2) is 3.08. The number of rotatable bonds is 2. The molecule has 1 aliphatic carbocycles. The van der Waals surface area contributed by atoms with E-state index in [0.29, 0.717) is 12.8 Å². The van der Waals surface area contributed by atoms with Crippen LogP contribution < -0.4 is 5.43 Å². The number of urea groups is 1. The van der Waals surface area contributed by atoms with Crippen LogP contribution in [0.2, 0.25) is 0 Å². The highest BCUT2D eigenvalue weighted by Gasteiger charge is 2.41. The Morgan fingerprint density at radius 2 is 2.25 bits per heavy atom. The highest BCUT2D eigenvalue weighted by atomic mass is 19.1. The largest absolute Gasteiger partial charge is 0.337 e. The standard InChI is InChI=1S/C7H12FN3O/c1-11(2)6(12)10-9-5-7(8)3-4-7/h5H,3-4H2,1-2H3,(H,10,12)/b9-5+. The zero-order valence-electron chi connectivity index (χ0n) is 7.17. The first-order valence-corrected chi connectivity index (χ1v) is 3.74. The Bertz CT molecular complexity index is 211. The van der Waals surface area contributed by atoms with Crippen molar-refractivity contribution < 1.29 is 9.18 Å². The summed E-state index contributed by atoms with van der Waals surface area (Å²) < 4.78 is 12.8. The van der Waals surface area contributed by atoms with Crippen LogP contribution in [-0.2, 0) is 0 Å². The molecule has 0 saturated heterocycles. The average Bonchev–Trinajstić information content (AvgIpc) is 2.68. The minimum Gasteiger partial charge on any atom is -0.329 e. The van der Waals surface area contributed by atoms with Crippen molar-refractivity contribution >= 4 is 12.2 Å². The van der Waals surface area contributed by atoms with Gasteiger partial charge in [0.15, 0.2) is 0 Å². The molecule has 1 saturated carbocycles. The van der Waals surface area contributed by atoms with Crippen LogP contribution in [-0.4, -0.2) is 36.9 Å². The van der Waals surface area contributed by atoms with E-state index in [4.69, 9.17) is 0 Å². The summed E-state index contributed by atoms with van der Waals surface area (Å²) in [6.45, 7) is 0. The van der Waals surface area contributed by atoms with Crippen molar-refractivity contribution in [3.8, 4) is 0 Å². The summed E-state index contributed by atoms with van der Waals surface area (Å²) in [5, 5.41) is 3.49. The first-order valence-electron chi connectivity index (χ1n) is 3.74. The lowest BCUT2D eigenvalue weighted by atomic mass is 10.4. The minimum atomic E-state index is -1.25. The summed E-state index contributed by atoms with van der Waals surface area (Å²) in [5.41, 5.74) is 0.945. The maximum absolute atomic E-state index is 12.8. The molecule has 0 radical (unpaired) electrons. The Kier molecular flexibility index (Phi) is 2.30. The van der Waals surface area contributed by atoms with Crippen LogP contribution in [0.4, 0.5) is 9.18 Å². The third-order valence-corrected chi connectivity index (χ3v) is 1.59. The van der Waals surface area contributed by atoms with E-state index in [9.17, 15) is 9.18 Å². The van der Waals surface area contributed by atoms with Crippen LogP contribution in [0.25, 0.3) is 0 Å².